The van der Waals surface area contributed by atoms with Gasteiger partial charge in [-0.2, -0.15) is 0 Å². The summed E-state index contributed by atoms with van der Waals surface area (Å²) in [5, 5.41) is 2.89. The van der Waals surface area contributed by atoms with Crippen LogP contribution in [0.25, 0.3) is 0 Å². The lowest BCUT2D eigenvalue weighted by atomic mass is 10.1. The van der Waals surface area contributed by atoms with E-state index in [9.17, 15) is 13.2 Å². The Labute approximate surface area is 127 Å². The molecule has 120 valence electrons. The van der Waals surface area contributed by atoms with Crippen LogP contribution in [0.15, 0.2) is 0 Å². The summed E-state index contributed by atoms with van der Waals surface area (Å²) >= 11 is 0. The molecule has 1 aliphatic heterocycles. The molecule has 1 rings (SSSR count). The van der Waals surface area contributed by atoms with E-state index in [4.69, 9.17) is 5.73 Å². The first kappa shape index (κ1) is 19.6. The Morgan fingerprint density at radius 1 is 1.35 bits per heavy atom. The van der Waals surface area contributed by atoms with Crippen molar-refractivity contribution in [1.82, 2.24) is 9.62 Å². The summed E-state index contributed by atoms with van der Waals surface area (Å²) in [6.45, 7) is 4.68. The van der Waals surface area contributed by atoms with Crippen molar-refractivity contribution in [2.45, 2.75) is 51.6 Å². The van der Waals surface area contributed by atoms with Gasteiger partial charge in [0.2, 0.25) is 15.9 Å². The fourth-order valence-corrected chi connectivity index (χ4v) is 3.70. The smallest absolute Gasteiger partial charge is 0.237 e. The van der Waals surface area contributed by atoms with Crippen molar-refractivity contribution in [3.63, 3.8) is 0 Å². The maximum atomic E-state index is 11.9. The topological polar surface area (TPSA) is 92.5 Å². The van der Waals surface area contributed by atoms with Gasteiger partial charge in [-0.1, -0.05) is 13.8 Å². The van der Waals surface area contributed by atoms with E-state index in [2.05, 4.69) is 5.32 Å². The Hall–Kier alpha value is -0.370. The van der Waals surface area contributed by atoms with Gasteiger partial charge in [0.1, 0.15) is 0 Å². The van der Waals surface area contributed by atoms with Crippen molar-refractivity contribution in [3.8, 4) is 0 Å². The van der Waals surface area contributed by atoms with Gasteiger partial charge in [-0.15, -0.1) is 12.4 Å². The van der Waals surface area contributed by atoms with Crippen LogP contribution in [0.5, 0.6) is 0 Å². The summed E-state index contributed by atoms with van der Waals surface area (Å²) in [5.74, 6) is 0.0578. The monoisotopic (exact) mass is 327 g/mol. The molecule has 0 aromatic rings. The number of nitrogens with two attached hydrogens (primary N) is 1. The molecule has 8 heteroatoms. The molecular weight excluding hydrogens is 302 g/mol. The SMILES string of the molecule is CCCS(=O)(=O)N1CCC(NC(=O)[C@@H](N)CC)CC1.Cl. The Kier molecular flexibility index (Phi) is 8.65. The molecule has 0 bridgehead atoms. The van der Waals surface area contributed by atoms with Crippen LogP contribution in [0.4, 0.5) is 0 Å². The Balaban J connectivity index is 0.00000361. The van der Waals surface area contributed by atoms with Crippen LogP contribution in [-0.2, 0) is 14.8 Å². The zero-order chi connectivity index (χ0) is 14.5. The predicted octanol–water partition coefficient (Wildman–Crippen LogP) is 0.466. The van der Waals surface area contributed by atoms with E-state index < -0.39 is 16.1 Å². The standard InChI is InChI=1S/C12H25N3O3S.ClH/c1-3-9-19(17,18)15-7-5-10(6-8-15)14-12(16)11(13)4-2;/h10-11H,3-9,13H2,1-2H3,(H,14,16);1H/t11-;/m0./s1. The molecule has 0 spiro atoms. The van der Waals surface area contributed by atoms with Gasteiger partial charge in [0.25, 0.3) is 0 Å². The predicted molar refractivity (Wildman–Crippen MR) is 82.3 cm³/mol. The number of rotatable bonds is 6. The Bertz CT molecular complexity index is 395. The molecule has 0 aromatic carbocycles. The quantitative estimate of drug-likeness (QED) is 0.741. The Morgan fingerprint density at radius 2 is 1.90 bits per heavy atom. The van der Waals surface area contributed by atoms with Crippen LogP contribution in [0.3, 0.4) is 0 Å². The van der Waals surface area contributed by atoms with Crippen molar-refractivity contribution in [1.29, 1.82) is 0 Å². The average molecular weight is 328 g/mol. The molecule has 1 aliphatic rings. The van der Waals surface area contributed by atoms with Gasteiger partial charge in [-0.3, -0.25) is 4.79 Å². The number of hydrogen-bond acceptors (Lipinski definition) is 4. The molecule has 1 saturated heterocycles. The van der Waals surface area contributed by atoms with Crippen molar-refractivity contribution >= 4 is 28.3 Å². The minimum Gasteiger partial charge on any atom is -0.352 e. The van der Waals surface area contributed by atoms with Crippen LogP contribution in [0.1, 0.15) is 39.5 Å². The van der Waals surface area contributed by atoms with Gasteiger partial charge in [0.05, 0.1) is 11.8 Å². The molecule has 1 fully saturated rings. The molecule has 0 aromatic heterocycles. The molecule has 1 atom stereocenters. The second-order valence-corrected chi connectivity index (χ2v) is 7.10. The lowest BCUT2D eigenvalue weighted by Crippen LogP contribution is -2.50. The zero-order valence-corrected chi connectivity index (χ0v) is 13.8. The number of piperidine rings is 1. The zero-order valence-electron chi connectivity index (χ0n) is 12.2. The Morgan fingerprint density at radius 3 is 2.35 bits per heavy atom. The fraction of sp³-hybridized carbons (Fsp3) is 0.917. The lowest BCUT2D eigenvalue weighted by Gasteiger charge is -2.32. The molecule has 1 heterocycles. The normalized spacial score (nSPS) is 19.1. The van der Waals surface area contributed by atoms with Crippen molar-refractivity contribution in [2.75, 3.05) is 18.8 Å². The molecular formula is C12H26ClN3O3S. The molecule has 0 unspecified atom stereocenters. The number of nitrogens with one attached hydrogen (secondary N) is 1. The number of hydrogen-bond donors (Lipinski definition) is 2. The summed E-state index contributed by atoms with van der Waals surface area (Å²) in [5.41, 5.74) is 5.65. The number of sulfonamides is 1. The van der Waals surface area contributed by atoms with E-state index in [0.717, 1.165) is 0 Å². The highest BCUT2D eigenvalue weighted by atomic mass is 35.5. The largest absolute Gasteiger partial charge is 0.352 e. The number of nitrogens with zero attached hydrogens (tertiary/aromatic N) is 1. The second kappa shape index (κ2) is 8.81. The van der Waals surface area contributed by atoms with Gasteiger partial charge in [0.15, 0.2) is 0 Å². The van der Waals surface area contributed by atoms with Crippen LogP contribution in [0.2, 0.25) is 0 Å². The van der Waals surface area contributed by atoms with Crippen LogP contribution in [0, 0.1) is 0 Å². The van der Waals surface area contributed by atoms with Crippen LogP contribution >= 0.6 is 12.4 Å². The molecule has 3 N–H and O–H groups in total. The molecule has 0 saturated carbocycles. The van der Waals surface area contributed by atoms with E-state index >= 15 is 0 Å². The highest BCUT2D eigenvalue weighted by Crippen LogP contribution is 2.15. The maximum absolute atomic E-state index is 11.9. The summed E-state index contributed by atoms with van der Waals surface area (Å²) < 4.78 is 25.3. The molecule has 0 aliphatic carbocycles. The summed E-state index contributed by atoms with van der Waals surface area (Å²) in [6, 6.07) is -0.431. The number of carbonyl (C=O) groups is 1. The van der Waals surface area contributed by atoms with Gasteiger partial charge in [-0.25, -0.2) is 12.7 Å². The van der Waals surface area contributed by atoms with Crippen LogP contribution in [-0.4, -0.2) is 49.6 Å². The first-order valence-corrected chi connectivity index (χ1v) is 8.55. The van der Waals surface area contributed by atoms with E-state index in [-0.39, 0.29) is 30.1 Å². The van der Waals surface area contributed by atoms with E-state index in [1.54, 1.807) is 0 Å². The third-order valence-corrected chi connectivity index (χ3v) is 5.51. The summed E-state index contributed by atoms with van der Waals surface area (Å²) in [4.78, 5) is 11.7. The summed E-state index contributed by atoms with van der Waals surface area (Å²) in [7, 11) is -3.11. The van der Waals surface area contributed by atoms with Gasteiger partial charge >= 0.3 is 0 Å². The highest BCUT2D eigenvalue weighted by molar-refractivity contribution is 7.89. The van der Waals surface area contributed by atoms with Crippen molar-refractivity contribution in [2.24, 2.45) is 5.73 Å². The van der Waals surface area contributed by atoms with Crippen LogP contribution < -0.4 is 11.1 Å². The molecule has 6 nitrogen and oxygen atoms in total. The first-order valence-electron chi connectivity index (χ1n) is 6.94. The molecule has 0 radical (unpaired) electrons. The average Bonchev–Trinajstić information content (AvgIpc) is 2.38. The van der Waals surface area contributed by atoms with Crippen molar-refractivity contribution < 1.29 is 13.2 Å². The number of carbonyl (C=O) groups excluding carboxylic acids is 1. The lowest BCUT2D eigenvalue weighted by molar-refractivity contribution is -0.123. The molecule has 1 amide bonds. The number of amides is 1. The fourth-order valence-electron chi connectivity index (χ4n) is 2.16. The second-order valence-electron chi connectivity index (χ2n) is 5.01. The van der Waals surface area contributed by atoms with E-state index in [0.29, 0.717) is 38.8 Å². The third-order valence-electron chi connectivity index (χ3n) is 3.43. The van der Waals surface area contributed by atoms with Gasteiger partial charge < -0.3 is 11.1 Å². The summed E-state index contributed by atoms with van der Waals surface area (Å²) in [6.07, 6.45) is 2.55. The molecule has 20 heavy (non-hydrogen) atoms. The highest BCUT2D eigenvalue weighted by Gasteiger charge is 2.28. The van der Waals surface area contributed by atoms with E-state index in [1.165, 1.54) is 4.31 Å². The minimum atomic E-state index is -3.11. The van der Waals surface area contributed by atoms with E-state index in [1.807, 2.05) is 13.8 Å². The van der Waals surface area contributed by atoms with Gasteiger partial charge in [0, 0.05) is 19.1 Å². The first-order chi connectivity index (χ1) is 8.90. The number of halogens is 1. The minimum absolute atomic E-state index is 0. The maximum Gasteiger partial charge on any atom is 0.237 e. The van der Waals surface area contributed by atoms with Gasteiger partial charge in [-0.05, 0) is 25.7 Å². The third kappa shape index (κ3) is 5.55. The van der Waals surface area contributed by atoms with Crippen molar-refractivity contribution in [3.05, 3.63) is 0 Å².